The van der Waals surface area contributed by atoms with Gasteiger partial charge in [-0.25, -0.2) is 12.8 Å². The fourth-order valence-corrected chi connectivity index (χ4v) is 3.97. The van der Waals surface area contributed by atoms with Gasteiger partial charge in [0.25, 0.3) is 10.0 Å². The summed E-state index contributed by atoms with van der Waals surface area (Å²) in [5.74, 6) is -0.753. The number of anilines is 1. The number of sulfonamides is 1. The maximum atomic E-state index is 13.8. The van der Waals surface area contributed by atoms with Crippen molar-refractivity contribution in [2.45, 2.75) is 11.8 Å². The predicted octanol–water partition coefficient (Wildman–Crippen LogP) is 4.47. The zero-order valence-corrected chi connectivity index (χ0v) is 15.5. The molecule has 0 saturated carbocycles. The summed E-state index contributed by atoms with van der Waals surface area (Å²) >= 11 is 9.29. The normalized spacial score (nSPS) is 11.3. The highest BCUT2D eigenvalue weighted by Crippen LogP contribution is 2.31. The molecule has 4 nitrogen and oxygen atoms in total. The zero-order valence-electron chi connectivity index (χ0n) is 12.4. The van der Waals surface area contributed by atoms with E-state index in [1.807, 2.05) is 0 Å². The lowest BCUT2D eigenvalue weighted by Gasteiger charge is -2.23. The lowest BCUT2D eigenvalue weighted by molar-refractivity contribution is 0.385. The topological polar surface area (TPSA) is 46.6 Å². The summed E-state index contributed by atoms with van der Waals surface area (Å²) in [7, 11) is -2.60. The minimum Gasteiger partial charge on any atom is -0.494 e. The second-order valence-electron chi connectivity index (χ2n) is 4.56. The van der Waals surface area contributed by atoms with Crippen LogP contribution in [0.1, 0.15) is 6.92 Å². The molecule has 0 amide bonds. The predicted molar refractivity (Wildman–Crippen MR) is 92.3 cm³/mol. The Morgan fingerprint density at radius 2 is 1.96 bits per heavy atom. The van der Waals surface area contributed by atoms with Crippen molar-refractivity contribution in [1.82, 2.24) is 0 Å². The first-order valence-electron chi connectivity index (χ1n) is 6.62. The van der Waals surface area contributed by atoms with E-state index >= 15 is 0 Å². The van der Waals surface area contributed by atoms with E-state index in [2.05, 4.69) is 15.9 Å². The second kappa shape index (κ2) is 7.07. The highest BCUT2D eigenvalue weighted by Gasteiger charge is 2.25. The van der Waals surface area contributed by atoms with Crippen LogP contribution in [-0.4, -0.2) is 22.1 Å². The summed E-state index contributed by atoms with van der Waals surface area (Å²) in [6, 6.07) is 8.34. The van der Waals surface area contributed by atoms with Crippen LogP contribution in [0.4, 0.5) is 10.1 Å². The Balaban J connectivity index is 2.50. The summed E-state index contributed by atoms with van der Waals surface area (Å²) in [6.07, 6.45) is 0. The molecule has 0 atom stereocenters. The van der Waals surface area contributed by atoms with Crippen LogP contribution in [0, 0.1) is 5.82 Å². The zero-order chi connectivity index (χ0) is 17.2. The second-order valence-corrected chi connectivity index (χ2v) is 7.69. The lowest BCUT2D eigenvalue weighted by Crippen LogP contribution is -2.30. The van der Waals surface area contributed by atoms with Crippen LogP contribution in [0.5, 0.6) is 5.75 Å². The molecule has 0 aliphatic carbocycles. The van der Waals surface area contributed by atoms with Crippen LogP contribution in [0.25, 0.3) is 0 Å². The number of methoxy groups -OCH3 is 1. The van der Waals surface area contributed by atoms with Crippen molar-refractivity contribution in [3.05, 3.63) is 51.7 Å². The Bertz CT molecular complexity index is 829. The van der Waals surface area contributed by atoms with Gasteiger partial charge in [-0.15, -0.1) is 0 Å². The van der Waals surface area contributed by atoms with E-state index in [9.17, 15) is 12.8 Å². The number of benzene rings is 2. The Morgan fingerprint density at radius 1 is 1.26 bits per heavy atom. The van der Waals surface area contributed by atoms with Gasteiger partial charge < -0.3 is 4.74 Å². The quantitative estimate of drug-likeness (QED) is 0.714. The van der Waals surface area contributed by atoms with Gasteiger partial charge in [0.1, 0.15) is 0 Å². The standard InChI is InChI=1S/C15H14BrClFNO3S/c1-3-19(10-4-6-12(16)13(17)8-10)23(20,21)11-5-7-15(22-2)14(18)9-11/h4-9H,3H2,1-2H3. The minimum atomic E-state index is -3.92. The minimum absolute atomic E-state index is 0.0151. The van der Waals surface area contributed by atoms with Crippen molar-refractivity contribution in [2.24, 2.45) is 0 Å². The highest BCUT2D eigenvalue weighted by atomic mass is 79.9. The molecule has 0 aliphatic rings. The molecule has 8 heteroatoms. The molecule has 0 aromatic heterocycles. The van der Waals surface area contributed by atoms with Crippen molar-refractivity contribution in [1.29, 1.82) is 0 Å². The lowest BCUT2D eigenvalue weighted by atomic mass is 10.3. The molecule has 0 N–H and O–H groups in total. The van der Waals surface area contributed by atoms with E-state index in [1.165, 1.54) is 25.3 Å². The van der Waals surface area contributed by atoms with E-state index in [0.29, 0.717) is 15.2 Å². The van der Waals surface area contributed by atoms with Crippen LogP contribution in [0.15, 0.2) is 45.8 Å². The van der Waals surface area contributed by atoms with Gasteiger partial charge in [0.05, 0.1) is 22.7 Å². The Labute approximate surface area is 148 Å². The first kappa shape index (κ1) is 18.0. The summed E-state index contributed by atoms with van der Waals surface area (Å²) in [5, 5.41) is 0.386. The van der Waals surface area contributed by atoms with E-state index in [1.54, 1.807) is 19.1 Å². The van der Waals surface area contributed by atoms with E-state index in [-0.39, 0.29) is 17.2 Å². The number of halogens is 3. The molecular formula is C15H14BrClFNO3S. The number of ether oxygens (including phenoxy) is 1. The first-order valence-corrected chi connectivity index (χ1v) is 9.23. The van der Waals surface area contributed by atoms with Gasteiger partial charge in [0, 0.05) is 11.0 Å². The number of rotatable bonds is 5. The molecule has 0 fully saturated rings. The van der Waals surface area contributed by atoms with Gasteiger partial charge in [-0.1, -0.05) is 11.6 Å². The van der Waals surface area contributed by atoms with Crippen LogP contribution in [-0.2, 0) is 10.0 Å². The molecular weight excluding hydrogens is 409 g/mol. The molecule has 0 saturated heterocycles. The fraction of sp³-hybridized carbons (Fsp3) is 0.200. The Morgan fingerprint density at radius 3 is 2.48 bits per heavy atom. The largest absolute Gasteiger partial charge is 0.494 e. The third kappa shape index (κ3) is 3.62. The third-order valence-corrected chi connectivity index (χ3v) is 6.32. The number of hydrogen-bond acceptors (Lipinski definition) is 3. The van der Waals surface area contributed by atoms with Gasteiger partial charge in [-0.3, -0.25) is 4.31 Å². The molecule has 0 spiro atoms. The third-order valence-electron chi connectivity index (χ3n) is 3.19. The average molecular weight is 423 g/mol. The summed E-state index contributed by atoms with van der Waals surface area (Å²) in [4.78, 5) is -0.156. The van der Waals surface area contributed by atoms with Gasteiger partial charge >= 0.3 is 0 Å². The fourth-order valence-electron chi connectivity index (χ4n) is 2.07. The van der Waals surface area contributed by atoms with Crippen LogP contribution in [0.3, 0.4) is 0 Å². The van der Waals surface area contributed by atoms with Crippen molar-refractivity contribution >= 4 is 43.2 Å². The smallest absolute Gasteiger partial charge is 0.264 e. The van der Waals surface area contributed by atoms with Crippen LogP contribution < -0.4 is 9.04 Å². The highest BCUT2D eigenvalue weighted by molar-refractivity contribution is 9.10. The molecule has 0 bridgehead atoms. The average Bonchev–Trinajstić information content (AvgIpc) is 2.51. The summed E-state index contributed by atoms with van der Waals surface area (Å²) in [6.45, 7) is 1.86. The number of nitrogens with zero attached hydrogens (tertiary/aromatic N) is 1. The van der Waals surface area contributed by atoms with Crippen molar-refractivity contribution in [2.75, 3.05) is 18.0 Å². The van der Waals surface area contributed by atoms with E-state index in [4.69, 9.17) is 16.3 Å². The molecule has 0 heterocycles. The Hall–Kier alpha value is -1.31. The molecule has 0 radical (unpaired) electrons. The van der Waals surface area contributed by atoms with E-state index in [0.717, 1.165) is 10.4 Å². The van der Waals surface area contributed by atoms with Crippen molar-refractivity contribution < 1.29 is 17.5 Å². The van der Waals surface area contributed by atoms with Gasteiger partial charge in [-0.05, 0) is 59.3 Å². The van der Waals surface area contributed by atoms with Gasteiger partial charge in [-0.2, -0.15) is 0 Å². The van der Waals surface area contributed by atoms with E-state index < -0.39 is 15.8 Å². The molecule has 2 aromatic carbocycles. The molecule has 0 aliphatic heterocycles. The SMILES string of the molecule is CCN(c1ccc(Br)c(Cl)c1)S(=O)(=O)c1ccc(OC)c(F)c1. The summed E-state index contributed by atoms with van der Waals surface area (Å²) < 4.78 is 46.0. The molecule has 2 aromatic rings. The van der Waals surface area contributed by atoms with Crippen molar-refractivity contribution in [3.63, 3.8) is 0 Å². The molecule has 0 unspecified atom stereocenters. The molecule has 2 rings (SSSR count). The van der Waals surface area contributed by atoms with Gasteiger partial charge in [0.2, 0.25) is 0 Å². The monoisotopic (exact) mass is 421 g/mol. The molecule has 23 heavy (non-hydrogen) atoms. The first-order chi connectivity index (χ1) is 10.8. The van der Waals surface area contributed by atoms with Crippen LogP contribution in [0.2, 0.25) is 5.02 Å². The Kier molecular flexibility index (Phi) is 5.54. The maximum Gasteiger partial charge on any atom is 0.264 e. The molecule has 124 valence electrons. The summed E-state index contributed by atoms with van der Waals surface area (Å²) in [5.41, 5.74) is 0.400. The number of hydrogen-bond donors (Lipinski definition) is 0. The van der Waals surface area contributed by atoms with Crippen LogP contribution >= 0.6 is 27.5 Å². The maximum absolute atomic E-state index is 13.8. The van der Waals surface area contributed by atoms with Crippen molar-refractivity contribution in [3.8, 4) is 5.75 Å². The van der Waals surface area contributed by atoms with Gasteiger partial charge in [0.15, 0.2) is 11.6 Å².